The Balaban J connectivity index is 1.82. The van der Waals surface area contributed by atoms with Crippen LogP contribution in [-0.4, -0.2) is 33.4 Å². The number of carbonyl (C=O) groups excluding carboxylic acids is 1. The number of nitrogens with one attached hydrogen (secondary N) is 2. The van der Waals surface area contributed by atoms with Gasteiger partial charge in [0.15, 0.2) is 5.96 Å². The molecule has 0 bridgehead atoms. The van der Waals surface area contributed by atoms with Gasteiger partial charge in [-0.2, -0.15) is 0 Å². The molecular weight excluding hydrogens is 326 g/mol. The van der Waals surface area contributed by atoms with Crippen LogP contribution in [0.2, 0.25) is 0 Å². The van der Waals surface area contributed by atoms with Gasteiger partial charge >= 0.3 is 0 Å². The molecule has 0 spiro atoms. The lowest BCUT2D eigenvalue weighted by Gasteiger charge is -2.39. The van der Waals surface area contributed by atoms with Gasteiger partial charge in [0, 0.05) is 13.2 Å². The second kappa shape index (κ2) is 6.68. The lowest BCUT2D eigenvalue weighted by atomic mass is 9.86. The number of rotatable bonds is 3. The Kier molecular flexibility index (Phi) is 4.56. The summed E-state index contributed by atoms with van der Waals surface area (Å²) >= 11 is 0. The van der Waals surface area contributed by atoms with Crippen molar-refractivity contribution >= 4 is 11.9 Å². The van der Waals surface area contributed by atoms with Crippen LogP contribution in [0.5, 0.6) is 0 Å². The Hall–Kier alpha value is -3.07. The minimum Gasteiger partial charge on any atom is -0.346 e. The zero-order valence-corrected chi connectivity index (χ0v) is 15.5. The summed E-state index contributed by atoms with van der Waals surface area (Å²) in [6.07, 6.45) is 4.05. The summed E-state index contributed by atoms with van der Waals surface area (Å²) in [5.41, 5.74) is 2.32. The fourth-order valence-corrected chi connectivity index (χ4v) is 3.15. The van der Waals surface area contributed by atoms with Crippen molar-refractivity contribution in [2.24, 2.45) is 0 Å². The standard InChI is InChI=1S/C20H23N5O/c1-5-6-17-12-25(13-22-17)14(2)15-7-9-16(10-8-15)20(3)11-18(26)24(4)19(21)23-20/h7-10,12-14H,11H2,1-4H3,(H2,21,23)/t14?,20-/m0/s1. The molecule has 134 valence electrons. The van der Waals surface area contributed by atoms with Crippen LogP contribution in [0.1, 0.15) is 50.1 Å². The number of hydrogen-bond acceptors (Lipinski definition) is 3. The van der Waals surface area contributed by atoms with E-state index in [1.165, 1.54) is 4.90 Å². The molecule has 1 aromatic heterocycles. The van der Waals surface area contributed by atoms with Crippen LogP contribution >= 0.6 is 0 Å². The minimum absolute atomic E-state index is 0.0586. The van der Waals surface area contributed by atoms with Crippen molar-refractivity contribution in [1.82, 2.24) is 19.8 Å². The second-order valence-electron chi connectivity index (χ2n) is 6.81. The molecule has 2 N–H and O–H groups in total. The maximum atomic E-state index is 12.1. The average Bonchev–Trinajstić information content (AvgIpc) is 3.08. The quantitative estimate of drug-likeness (QED) is 0.836. The van der Waals surface area contributed by atoms with E-state index in [1.54, 1.807) is 20.3 Å². The average molecular weight is 349 g/mol. The van der Waals surface area contributed by atoms with Crippen LogP contribution in [0.4, 0.5) is 0 Å². The van der Waals surface area contributed by atoms with Crippen molar-refractivity contribution in [3.8, 4) is 11.8 Å². The molecule has 2 atom stereocenters. The van der Waals surface area contributed by atoms with Crippen molar-refractivity contribution in [1.29, 1.82) is 5.41 Å². The molecule has 1 unspecified atom stereocenters. The summed E-state index contributed by atoms with van der Waals surface area (Å²) in [5, 5.41) is 11.1. The molecule has 1 aliphatic rings. The first-order valence-corrected chi connectivity index (χ1v) is 8.54. The van der Waals surface area contributed by atoms with Gasteiger partial charge in [0.25, 0.3) is 0 Å². The normalized spacial score (nSPS) is 21.0. The smallest absolute Gasteiger partial charge is 0.231 e. The fourth-order valence-electron chi connectivity index (χ4n) is 3.15. The molecule has 0 aliphatic carbocycles. The summed E-state index contributed by atoms with van der Waals surface area (Å²) in [7, 11) is 1.62. The number of hydrogen-bond donors (Lipinski definition) is 2. The molecule has 1 fully saturated rings. The van der Waals surface area contributed by atoms with Crippen LogP contribution in [0, 0.1) is 17.3 Å². The summed E-state index contributed by atoms with van der Waals surface area (Å²) in [5.74, 6) is 5.88. The van der Waals surface area contributed by atoms with Gasteiger partial charge in [0.05, 0.1) is 24.3 Å². The predicted molar refractivity (Wildman–Crippen MR) is 101 cm³/mol. The lowest BCUT2D eigenvalue weighted by Crippen LogP contribution is -2.58. The molecule has 0 radical (unpaired) electrons. The van der Waals surface area contributed by atoms with Crippen LogP contribution in [0.25, 0.3) is 0 Å². The second-order valence-corrected chi connectivity index (χ2v) is 6.81. The summed E-state index contributed by atoms with van der Waals surface area (Å²) in [6.45, 7) is 5.86. The number of carbonyl (C=O) groups is 1. The zero-order valence-electron chi connectivity index (χ0n) is 15.5. The highest BCUT2D eigenvalue weighted by molar-refractivity contribution is 5.98. The Morgan fingerprint density at radius 2 is 2.04 bits per heavy atom. The number of aromatic nitrogens is 2. The van der Waals surface area contributed by atoms with E-state index < -0.39 is 5.54 Å². The van der Waals surface area contributed by atoms with Crippen molar-refractivity contribution in [3.63, 3.8) is 0 Å². The van der Waals surface area contributed by atoms with Crippen molar-refractivity contribution < 1.29 is 4.79 Å². The monoisotopic (exact) mass is 349 g/mol. The molecule has 1 amide bonds. The van der Waals surface area contributed by atoms with E-state index in [9.17, 15) is 4.79 Å². The SMILES string of the molecule is CC#Cc1cn(C(C)c2ccc([C@]3(C)CC(=O)N(C)C(=N)N3)cc2)cn1. The van der Waals surface area contributed by atoms with Gasteiger partial charge in [-0.05, 0) is 37.8 Å². The van der Waals surface area contributed by atoms with Crippen molar-refractivity contribution in [3.05, 3.63) is 53.6 Å². The highest BCUT2D eigenvalue weighted by atomic mass is 16.2. The first-order valence-electron chi connectivity index (χ1n) is 8.54. The van der Waals surface area contributed by atoms with E-state index in [0.29, 0.717) is 6.42 Å². The van der Waals surface area contributed by atoms with Crippen molar-refractivity contribution in [2.75, 3.05) is 7.05 Å². The molecule has 26 heavy (non-hydrogen) atoms. The van der Waals surface area contributed by atoms with Gasteiger partial charge in [-0.25, -0.2) is 4.98 Å². The molecule has 1 aliphatic heterocycles. The molecule has 0 saturated carbocycles. The third-order valence-corrected chi connectivity index (χ3v) is 4.94. The summed E-state index contributed by atoms with van der Waals surface area (Å²) < 4.78 is 2.03. The first kappa shape index (κ1) is 17.7. The predicted octanol–water partition coefficient (Wildman–Crippen LogP) is 2.47. The van der Waals surface area contributed by atoms with Crippen LogP contribution < -0.4 is 5.32 Å². The third kappa shape index (κ3) is 3.21. The Morgan fingerprint density at radius 3 is 2.65 bits per heavy atom. The fraction of sp³-hybridized carbons (Fsp3) is 0.350. The molecule has 1 aromatic carbocycles. The highest BCUT2D eigenvalue weighted by Gasteiger charge is 2.37. The molecule has 6 nitrogen and oxygen atoms in total. The van der Waals surface area contributed by atoms with Gasteiger partial charge in [-0.15, -0.1) is 0 Å². The van der Waals surface area contributed by atoms with E-state index in [-0.39, 0.29) is 17.9 Å². The van der Waals surface area contributed by atoms with E-state index in [4.69, 9.17) is 5.41 Å². The number of imidazole rings is 1. The molecule has 1 saturated heterocycles. The minimum atomic E-state index is -0.568. The van der Waals surface area contributed by atoms with Gasteiger partial charge in [-0.1, -0.05) is 30.2 Å². The van der Waals surface area contributed by atoms with Gasteiger partial charge in [0.1, 0.15) is 5.69 Å². The zero-order chi connectivity index (χ0) is 18.9. The van der Waals surface area contributed by atoms with Crippen molar-refractivity contribution in [2.45, 2.75) is 38.8 Å². The molecule has 6 heteroatoms. The van der Waals surface area contributed by atoms with E-state index in [1.807, 2.05) is 29.8 Å². The summed E-state index contributed by atoms with van der Waals surface area (Å²) in [6, 6.07) is 8.29. The summed E-state index contributed by atoms with van der Waals surface area (Å²) in [4.78, 5) is 17.8. The largest absolute Gasteiger partial charge is 0.346 e. The Labute approximate surface area is 153 Å². The molecule has 2 aromatic rings. The van der Waals surface area contributed by atoms with Crippen LogP contribution in [-0.2, 0) is 10.3 Å². The Bertz CT molecular complexity index is 882. The van der Waals surface area contributed by atoms with E-state index in [0.717, 1.165) is 16.8 Å². The van der Waals surface area contributed by atoms with Crippen LogP contribution in [0.15, 0.2) is 36.8 Å². The van der Waals surface area contributed by atoms with Gasteiger partial charge in [0.2, 0.25) is 5.91 Å². The maximum absolute atomic E-state index is 12.1. The Morgan fingerprint density at radius 1 is 1.35 bits per heavy atom. The molecule has 3 rings (SSSR count). The number of benzene rings is 1. The maximum Gasteiger partial charge on any atom is 0.231 e. The first-order chi connectivity index (χ1) is 12.3. The van der Waals surface area contributed by atoms with E-state index >= 15 is 0 Å². The molecule has 2 heterocycles. The number of amides is 1. The highest BCUT2D eigenvalue weighted by Crippen LogP contribution is 2.30. The van der Waals surface area contributed by atoms with E-state index in [2.05, 4.69) is 41.2 Å². The van der Waals surface area contributed by atoms with Crippen LogP contribution in [0.3, 0.4) is 0 Å². The number of nitrogens with zero attached hydrogens (tertiary/aromatic N) is 3. The number of guanidine groups is 1. The van der Waals surface area contributed by atoms with Gasteiger partial charge < -0.3 is 9.88 Å². The third-order valence-electron chi connectivity index (χ3n) is 4.94. The lowest BCUT2D eigenvalue weighted by molar-refractivity contribution is -0.129. The topological polar surface area (TPSA) is 74.0 Å². The van der Waals surface area contributed by atoms with Gasteiger partial charge in [-0.3, -0.25) is 15.1 Å². The molecular formula is C20H23N5O.